The number of nitrogens with one attached hydrogen (secondary N) is 3. The number of hydrogen-bond donors (Lipinski definition) is 4. The van der Waals surface area contributed by atoms with Crippen LogP contribution in [0.4, 0.5) is 14.5 Å². The zero-order valence-electron chi connectivity index (χ0n) is 8.84. The van der Waals surface area contributed by atoms with Crippen LogP contribution in [0, 0.1) is 11.6 Å². The van der Waals surface area contributed by atoms with Crippen LogP contribution in [-0.4, -0.2) is 18.1 Å². The van der Waals surface area contributed by atoms with Crippen molar-refractivity contribution in [3.05, 3.63) is 29.8 Å². The fourth-order valence-electron chi connectivity index (χ4n) is 1.58. The average Bonchev–Trinajstić information content (AvgIpc) is 2.70. The monoisotopic (exact) mass is 242 g/mol. The number of benzene rings is 1. The molecule has 1 heterocycles. The molecular weight excluding hydrogens is 230 g/mol. The number of carbonyl (C=O) groups is 1. The first-order valence-corrected chi connectivity index (χ1v) is 5.09. The third-order valence-corrected chi connectivity index (χ3v) is 2.46. The third-order valence-electron chi connectivity index (χ3n) is 2.46. The van der Waals surface area contributed by atoms with Gasteiger partial charge >= 0.3 is 0 Å². The summed E-state index contributed by atoms with van der Waals surface area (Å²) in [6, 6.07) is 2.77. The molecule has 7 heteroatoms. The summed E-state index contributed by atoms with van der Waals surface area (Å²) in [5.74, 6) is -2.16. The van der Waals surface area contributed by atoms with Crippen molar-refractivity contribution in [2.75, 3.05) is 5.32 Å². The minimum atomic E-state index is -0.811. The molecule has 5 N–H and O–H groups in total. The average molecular weight is 242 g/mol. The minimum Gasteiger partial charge on any atom is -0.320 e. The van der Waals surface area contributed by atoms with Crippen molar-refractivity contribution < 1.29 is 13.6 Å². The van der Waals surface area contributed by atoms with Gasteiger partial charge in [-0.2, -0.15) is 0 Å². The normalized spacial score (nSPS) is 23.7. The van der Waals surface area contributed by atoms with E-state index in [9.17, 15) is 13.6 Å². The molecule has 0 aromatic heterocycles. The van der Waals surface area contributed by atoms with E-state index in [2.05, 4.69) is 16.2 Å². The van der Waals surface area contributed by atoms with E-state index in [0.717, 1.165) is 12.1 Å². The van der Waals surface area contributed by atoms with Crippen LogP contribution in [0.5, 0.6) is 0 Å². The maximum atomic E-state index is 13.3. The van der Waals surface area contributed by atoms with E-state index in [1.54, 1.807) is 0 Å². The van der Waals surface area contributed by atoms with E-state index < -0.39 is 29.3 Å². The zero-order valence-corrected chi connectivity index (χ0v) is 8.84. The second-order valence-corrected chi connectivity index (χ2v) is 3.77. The molecule has 1 aliphatic heterocycles. The predicted molar refractivity (Wildman–Crippen MR) is 57.6 cm³/mol. The first-order chi connectivity index (χ1) is 8.08. The number of rotatable bonds is 2. The predicted octanol–water partition coefficient (Wildman–Crippen LogP) is 0.0546. The molecule has 0 saturated carbocycles. The summed E-state index contributed by atoms with van der Waals surface area (Å²) >= 11 is 0. The number of hydrogen-bond acceptors (Lipinski definition) is 4. The molecule has 1 aromatic rings. The van der Waals surface area contributed by atoms with E-state index in [0.29, 0.717) is 6.42 Å². The molecule has 0 spiro atoms. The van der Waals surface area contributed by atoms with Gasteiger partial charge in [0.2, 0.25) is 5.91 Å². The molecule has 5 nitrogen and oxygen atoms in total. The Labute approximate surface area is 96.3 Å². The van der Waals surface area contributed by atoms with Crippen molar-refractivity contribution in [2.24, 2.45) is 5.73 Å². The van der Waals surface area contributed by atoms with Crippen LogP contribution in [0.25, 0.3) is 0 Å². The maximum absolute atomic E-state index is 13.3. The van der Waals surface area contributed by atoms with Gasteiger partial charge in [0, 0.05) is 6.42 Å². The van der Waals surface area contributed by atoms with Gasteiger partial charge in [-0.05, 0) is 12.1 Å². The smallest absolute Gasteiger partial charge is 0.243 e. The van der Waals surface area contributed by atoms with Crippen LogP contribution in [-0.2, 0) is 4.79 Å². The van der Waals surface area contributed by atoms with Crippen LogP contribution >= 0.6 is 0 Å². The second kappa shape index (κ2) is 4.74. The lowest BCUT2D eigenvalue weighted by Gasteiger charge is -2.11. The highest BCUT2D eigenvalue weighted by Crippen LogP contribution is 2.18. The summed E-state index contributed by atoms with van der Waals surface area (Å²) in [7, 11) is 0. The van der Waals surface area contributed by atoms with Gasteiger partial charge in [0.05, 0.1) is 6.17 Å². The van der Waals surface area contributed by atoms with Crippen molar-refractivity contribution in [1.82, 2.24) is 10.9 Å². The molecule has 2 atom stereocenters. The van der Waals surface area contributed by atoms with Gasteiger partial charge in [0.25, 0.3) is 0 Å². The Morgan fingerprint density at radius 2 is 2.00 bits per heavy atom. The fraction of sp³-hybridized carbons (Fsp3) is 0.300. The van der Waals surface area contributed by atoms with E-state index in [1.807, 2.05) is 0 Å². The lowest BCUT2D eigenvalue weighted by molar-refractivity contribution is -0.117. The molecule has 0 bridgehead atoms. The van der Waals surface area contributed by atoms with E-state index in [1.165, 1.54) is 6.07 Å². The number of carbonyl (C=O) groups excluding carboxylic acids is 1. The lowest BCUT2D eigenvalue weighted by Crippen LogP contribution is -2.41. The summed E-state index contributed by atoms with van der Waals surface area (Å²) in [6.45, 7) is 0. The largest absolute Gasteiger partial charge is 0.320 e. The molecule has 2 rings (SSSR count). The number of hydrazine groups is 1. The number of para-hydroxylation sites is 1. The van der Waals surface area contributed by atoms with Crippen molar-refractivity contribution in [3.8, 4) is 0 Å². The Bertz CT molecular complexity index is 420. The fourth-order valence-corrected chi connectivity index (χ4v) is 1.58. The molecule has 0 radical (unpaired) electrons. The van der Waals surface area contributed by atoms with Crippen molar-refractivity contribution in [2.45, 2.75) is 18.6 Å². The van der Waals surface area contributed by atoms with Crippen LogP contribution in [0.15, 0.2) is 18.2 Å². The molecule has 1 fully saturated rings. The van der Waals surface area contributed by atoms with Crippen molar-refractivity contribution in [1.29, 1.82) is 0 Å². The van der Waals surface area contributed by atoms with Crippen LogP contribution in [0.1, 0.15) is 6.42 Å². The molecule has 2 unspecified atom stereocenters. The van der Waals surface area contributed by atoms with Gasteiger partial charge in [-0.3, -0.25) is 4.79 Å². The zero-order chi connectivity index (χ0) is 12.4. The molecule has 1 amide bonds. The van der Waals surface area contributed by atoms with Gasteiger partial charge in [0.1, 0.15) is 23.4 Å². The highest BCUT2D eigenvalue weighted by atomic mass is 19.1. The van der Waals surface area contributed by atoms with Crippen LogP contribution in [0.2, 0.25) is 0 Å². The Morgan fingerprint density at radius 3 is 2.53 bits per heavy atom. The second-order valence-electron chi connectivity index (χ2n) is 3.77. The summed E-state index contributed by atoms with van der Waals surface area (Å²) in [5, 5.41) is 2.19. The van der Waals surface area contributed by atoms with E-state index in [-0.39, 0.29) is 6.17 Å². The van der Waals surface area contributed by atoms with Gasteiger partial charge in [0.15, 0.2) is 0 Å². The standard InChI is InChI=1S/C10H12F2N4O/c11-5-2-1-3-6(12)9(5)14-10(17)7-4-8(13)16-15-7/h1-3,7-8,15-16H,4,13H2,(H,14,17). The number of amides is 1. The molecule has 92 valence electrons. The molecule has 17 heavy (non-hydrogen) atoms. The van der Waals surface area contributed by atoms with Crippen LogP contribution in [0.3, 0.4) is 0 Å². The lowest BCUT2D eigenvalue weighted by atomic mass is 10.2. The number of nitrogens with two attached hydrogens (primary N) is 1. The molecular formula is C10H12F2N4O. The summed E-state index contributed by atoms with van der Waals surface area (Å²) in [5.41, 5.74) is 10.3. The van der Waals surface area contributed by atoms with E-state index in [4.69, 9.17) is 5.73 Å². The SMILES string of the molecule is NC1CC(C(=O)Nc2c(F)cccc2F)NN1. The molecule has 1 aromatic carbocycles. The van der Waals surface area contributed by atoms with Crippen LogP contribution < -0.4 is 21.9 Å². The van der Waals surface area contributed by atoms with E-state index >= 15 is 0 Å². The summed E-state index contributed by atoms with van der Waals surface area (Å²) < 4.78 is 26.5. The van der Waals surface area contributed by atoms with Gasteiger partial charge in [-0.25, -0.2) is 19.6 Å². The highest BCUT2D eigenvalue weighted by molar-refractivity contribution is 5.95. The quantitative estimate of drug-likeness (QED) is 0.591. The van der Waals surface area contributed by atoms with Crippen molar-refractivity contribution in [3.63, 3.8) is 0 Å². The van der Waals surface area contributed by atoms with Gasteiger partial charge in [-0.15, -0.1) is 0 Å². The molecule has 1 aliphatic rings. The number of halogens is 2. The topological polar surface area (TPSA) is 79.2 Å². The van der Waals surface area contributed by atoms with Gasteiger partial charge in [-0.1, -0.05) is 6.07 Å². The Morgan fingerprint density at radius 1 is 1.35 bits per heavy atom. The summed E-state index contributed by atoms with van der Waals surface area (Å²) in [4.78, 5) is 11.7. The first kappa shape index (κ1) is 11.9. The van der Waals surface area contributed by atoms with Gasteiger partial charge < -0.3 is 11.1 Å². The Hall–Kier alpha value is -1.57. The third kappa shape index (κ3) is 2.57. The Balaban J connectivity index is 2.08. The first-order valence-electron chi connectivity index (χ1n) is 5.09. The number of anilines is 1. The highest BCUT2D eigenvalue weighted by Gasteiger charge is 2.28. The molecule has 0 aliphatic carbocycles. The maximum Gasteiger partial charge on any atom is 0.243 e. The van der Waals surface area contributed by atoms with Crippen molar-refractivity contribution >= 4 is 11.6 Å². The Kier molecular flexibility index (Phi) is 3.32. The minimum absolute atomic E-state index is 0.349. The summed E-state index contributed by atoms with van der Waals surface area (Å²) in [6.07, 6.45) is -0.00161. The molecule has 1 saturated heterocycles.